The molecular formula is C17H19BrN3O2S+. The Kier molecular flexibility index (Phi) is 4.02. The Balaban J connectivity index is 1.67. The van der Waals surface area contributed by atoms with Crippen LogP contribution < -0.4 is 20.3 Å². The lowest BCUT2D eigenvalue weighted by atomic mass is 10.0. The molecule has 2 unspecified atom stereocenters. The fourth-order valence-electron chi connectivity index (χ4n) is 3.36. The molecule has 2 aliphatic rings. The molecule has 0 bridgehead atoms. The molecule has 2 aliphatic heterocycles. The van der Waals surface area contributed by atoms with Crippen LogP contribution in [0.4, 0.5) is 5.00 Å². The number of likely N-dealkylation sites (N-methyl/N-ethyl adjacent to an activating group) is 1. The van der Waals surface area contributed by atoms with Crippen LogP contribution in [-0.4, -0.2) is 26.6 Å². The zero-order chi connectivity index (χ0) is 16.8. The molecule has 126 valence electrons. The van der Waals surface area contributed by atoms with E-state index in [4.69, 9.17) is 4.74 Å². The number of quaternary nitrogens is 1. The second kappa shape index (κ2) is 6.06. The molecule has 0 aliphatic carbocycles. The first kappa shape index (κ1) is 15.9. The summed E-state index contributed by atoms with van der Waals surface area (Å²) in [6.07, 6.45) is 0.748. The normalized spacial score (nSPS) is 22.2. The molecule has 0 radical (unpaired) electrons. The van der Waals surface area contributed by atoms with E-state index >= 15 is 0 Å². The molecule has 2 atom stereocenters. The van der Waals surface area contributed by atoms with Gasteiger partial charge in [0, 0.05) is 6.42 Å². The van der Waals surface area contributed by atoms with Crippen LogP contribution in [0, 0.1) is 0 Å². The lowest BCUT2D eigenvalue weighted by molar-refractivity contribution is -0.895. The van der Waals surface area contributed by atoms with Gasteiger partial charge in [-0.15, -0.1) is 11.3 Å². The van der Waals surface area contributed by atoms with Crippen molar-refractivity contribution in [2.45, 2.75) is 19.1 Å². The van der Waals surface area contributed by atoms with Gasteiger partial charge in [0.25, 0.3) is 5.91 Å². The molecule has 0 saturated carbocycles. The molecule has 0 spiro atoms. The number of halogens is 1. The average Bonchev–Trinajstić information content (AvgIpc) is 2.92. The van der Waals surface area contributed by atoms with Crippen LogP contribution in [0.15, 0.2) is 22.7 Å². The van der Waals surface area contributed by atoms with Gasteiger partial charge in [0.15, 0.2) is 0 Å². The molecule has 0 fully saturated rings. The van der Waals surface area contributed by atoms with Gasteiger partial charge in [-0.05, 0) is 39.2 Å². The summed E-state index contributed by atoms with van der Waals surface area (Å²) in [4.78, 5) is 15.5. The summed E-state index contributed by atoms with van der Waals surface area (Å²) in [6.45, 7) is 2.08. The van der Waals surface area contributed by atoms with Gasteiger partial charge in [0.1, 0.15) is 23.5 Å². The third-order valence-corrected chi connectivity index (χ3v) is 6.42. The summed E-state index contributed by atoms with van der Waals surface area (Å²) in [5, 5.41) is 7.58. The van der Waals surface area contributed by atoms with Crippen molar-refractivity contribution in [1.29, 1.82) is 0 Å². The van der Waals surface area contributed by atoms with Crippen molar-refractivity contribution in [3.8, 4) is 5.75 Å². The second-order valence-electron chi connectivity index (χ2n) is 6.29. The zero-order valence-electron chi connectivity index (χ0n) is 13.5. The predicted octanol–water partition coefficient (Wildman–Crippen LogP) is 1.94. The van der Waals surface area contributed by atoms with Crippen molar-refractivity contribution < 1.29 is 14.4 Å². The van der Waals surface area contributed by atoms with Crippen molar-refractivity contribution >= 4 is 38.2 Å². The number of anilines is 1. The number of hydrogen-bond acceptors (Lipinski definition) is 4. The number of methoxy groups -OCH3 is 1. The van der Waals surface area contributed by atoms with Gasteiger partial charge in [-0.3, -0.25) is 4.79 Å². The molecule has 1 aromatic heterocycles. The monoisotopic (exact) mass is 408 g/mol. The van der Waals surface area contributed by atoms with E-state index < -0.39 is 0 Å². The van der Waals surface area contributed by atoms with Gasteiger partial charge in [-0.25, -0.2) is 0 Å². The van der Waals surface area contributed by atoms with Crippen LogP contribution in [0.25, 0.3) is 0 Å². The van der Waals surface area contributed by atoms with E-state index in [9.17, 15) is 4.79 Å². The number of nitrogens with one attached hydrogen (secondary N) is 3. The van der Waals surface area contributed by atoms with Crippen LogP contribution in [0.3, 0.4) is 0 Å². The maximum atomic E-state index is 12.7. The van der Waals surface area contributed by atoms with Crippen molar-refractivity contribution in [1.82, 2.24) is 5.32 Å². The number of amides is 1. The van der Waals surface area contributed by atoms with E-state index in [2.05, 4.69) is 33.6 Å². The van der Waals surface area contributed by atoms with Gasteiger partial charge in [0.05, 0.1) is 35.6 Å². The zero-order valence-corrected chi connectivity index (χ0v) is 15.9. The topological polar surface area (TPSA) is 54.8 Å². The number of benzene rings is 1. The van der Waals surface area contributed by atoms with E-state index in [0.29, 0.717) is 0 Å². The first-order valence-corrected chi connectivity index (χ1v) is 9.54. The number of carbonyl (C=O) groups is 1. The maximum absolute atomic E-state index is 12.7. The number of thiophene rings is 1. The molecule has 24 heavy (non-hydrogen) atoms. The van der Waals surface area contributed by atoms with Crippen molar-refractivity contribution in [3.63, 3.8) is 0 Å². The number of carbonyl (C=O) groups excluding carboxylic acids is 1. The maximum Gasteiger partial charge on any atom is 0.256 e. The van der Waals surface area contributed by atoms with Gasteiger partial charge >= 0.3 is 0 Å². The predicted molar refractivity (Wildman–Crippen MR) is 98.0 cm³/mol. The fraction of sp³-hybridized carbons (Fsp3) is 0.353. The Bertz CT molecular complexity index is 820. The van der Waals surface area contributed by atoms with Crippen LogP contribution in [0.1, 0.15) is 32.5 Å². The van der Waals surface area contributed by atoms with E-state index in [-0.39, 0.29) is 12.1 Å². The number of ether oxygens (including phenoxy) is 1. The number of rotatable bonds is 2. The standard InChI is InChI=1S/C17H18BrN3O2S/c1-21-6-5-10-13(8-21)24-17-14(10)16(22)19-15(20-17)9-3-4-12(23-2)11(18)7-9/h3-4,7,15,20H,5-6,8H2,1-2H3,(H,19,22)/p+1. The van der Waals surface area contributed by atoms with E-state index in [1.54, 1.807) is 18.4 Å². The van der Waals surface area contributed by atoms with Crippen molar-refractivity contribution in [3.05, 3.63) is 44.2 Å². The minimum Gasteiger partial charge on any atom is -0.496 e. The Labute approximate surface area is 153 Å². The van der Waals surface area contributed by atoms with Crippen LogP contribution in [0.5, 0.6) is 5.75 Å². The molecule has 7 heteroatoms. The molecule has 0 saturated heterocycles. The highest BCUT2D eigenvalue weighted by atomic mass is 79.9. The second-order valence-corrected chi connectivity index (χ2v) is 8.25. The summed E-state index contributed by atoms with van der Waals surface area (Å²) in [5.74, 6) is 0.803. The van der Waals surface area contributed by atoms with E-state index in [0.717, 1.165) is 45.9 Å². The Morgan fingerprint density at radius 1 is 1.38 bits per heavy atom. The summed E-state index contributed by atoms with van der Waals surface area (Å²) in [7, 11) is 3.84. The third-order valence-electron chi connectivity index (χ3n) is 4.64. The molecule has 5 nitrogen and oxygen atoms in total. The highest BCUT2D eigenvalue weighted by Crippen LogP contribution is 2.39. The van der Waals surface area contributed by atoms with Crippen molar-refractivity contribution in [2.75, 3.05) is 26.0 Å². The number of hydrogen-bond donors (Lipinski definition) is 3. The molecule has 2 aromatic rings. The highest BCUT2D eigenvalue weighted by molar-refractivity contribution is 9.10. The smallest absolute Gasteiger partial charge is 0.256 e. The van der Waals surface area contributed by atoms with Gasteiger partial charge in [0.2, 0.25) is 0 Å². The van der Waals surface area contributed by atoms with Gasteiger partial charge < -0.3 is 20.3 Å². The van der Waals surface area contributed by atoms with E-state index in [1.807, 2.05) is 18.2 Å². The summed E-state index contributed by atoms with van der Waals surface area (Å²) in [5.41, 5.74) is 3.09. The van der Waals surface area contributed by atoms with Gasteiger partial charge in [-0.2, -0.15) is 0 Å². The third kappa shape index (κ3) is 2.60. The summed E-state index contributed by atoms with van der Waals surface area (Å²) in [6, 6.07) is 5.85. The average molecular weight is 409 g/mol. The number of fused-ring (bicyclic) bond motifs is 3. The molecule has 4 rings (SSSR count). The highest BCUT2D eigenvalue weighted by Gasteiger charge is 2.33. The lowest BCUT2D eigenvalue weighted by Crippen LogP contribution is -3.08. The Morgan fingerprint density at radius 3 is 2.96 bits per heavy atom. The Morgan fingerprint density at radius 2 is 2.21 bits per heavy atom. The fourth-order valence-corrected chi connectivity index (χ4v) is 5.31. The van der Waals surface area contributed by atoms with Crippen LogP contribution in [-0.2, 0) is 13.0 Å². The molecular weight excluding hydrogens is 390 g/mol. The summed E-state index contributed by atoms with van der Waals surface area (Å²) >= 11 is 5.23. The SMILES string of the molecule is COc1ccc(C2NC(=O)c3c(sc4c3CC[NH+](C)C4)N2)cc1Br. The Hall–Kier alpha value is -1.57. The van der Waals surface area contributed by atoms with Gasteiger partial charge in [-0.1, -0.05) is 6.07 Å². The van der Waals surface area contributed by atoms with Crippen molar-refractivity contribution in [2.24, 2.45) is 0 Å². The molecule has 3 heterocycles. The summed E-state index contributed by atoms with van der Waals surface area (Å²) < 4.78 is 6.15. The van der Waals surface area contributed by atoms with Crippen LogP contribution >= 0.6 is 27.3 Å². The molecule has 1 amide bonds. The first-order valence-electron chi connectivity index (χ1n) is 7.93. The van der Waals surface area contributed by atoms with E-state index in [1.165, 1.54) is 15.3 Å². The molecule has 3 N–H and O–H groups in total. The van der Waals surface area contributed by atoms with Crippen LogP contribution in [0.2, 0.25) is 0 Å². The largest absolute Gasteiger partial charge is 0.496 e. The minimum absolute atomic E-state index is 0.0257. The first-order chi connectivity index (χ1) is 11.6. The quantitative estimate of drug-likeness (QED) is 0.711. The lowest BCUT2D eigenvalue weighted by Gasteiger charge is -2.27. The minimum atomic E-state index is -0.225. The molecule has 1 aromatic carbocycles.